The Balaban J connectivity index is 2.47. The molecule has 0 unspecified atom stereocenters. The first-order valence-electron chi connectivity index (χ1n) is 5.28. The molecular weight excluding hydrogens is 189 g/mol. The number of halogens is 3. The van der Waals surface area contributed by atoms with Gasteiger partial charge in [0, 0.05) is 0 Å². The minimum atomic E-state index is -3.97. The van der Waals surface area contributed by atoms with Gasteiger partial charge in [-0.05, 0) is 37.0 Å². The lowest BCUT2D eigenvalue weighted by Crippen LogP contribution is -2.32. The molecular formula is C11H19F3. The summed E-state index contributed by atoms with van der Waals surface area (Å²) in [4.78, 5) is 0. The van der Waals surface area contributed by atoms with Crippen LogP contribution in [0.25, 0.3) is 0 Å². The van der Waals surface area contributed by atoms with Gasteiger partial charge in [0.05, 0.1) is 5.92 Å². The summed E-state index contributed by atoms with van der Waals surface area (Å²) in [5.74, 6) is -0.581. The summed E-state index contributed by atoms with van der Waals surface area (Å²) in [5, 5.41) is 0. The number of hydrogen-bond donors (Lipinski definition) is 0. The third-order valence-electron chi connectivity index (χ3n) is 3.41. The molecule has 14 heavy (non-hydrogen) atoms. The molecule has 3 heteroatoms. The zero-order valence-electron chi connectivity index (χ0n) is 9.12. The van der Waals surface area contributed by atoms with Crippen LogP contribution in [-0.2, 0) is 0 Å². The molecule has 84 valence electrons. The van der Waals surface area contributed by atoms with Crippen LogP contribution in [-0.4, -0.2) is 6.18 Å². The van der Waals surface area contributed by atoms with Crippen molar-refractivity contribution in [2.24, 2.45) is 17.3 Å². The second-order valence-electron chi connectivity index (χ2n) is 5.46. The Morgan fingerprint density at radius 2 is 1.14 bits per heavy atom. The quantitative estimate of drug-likeness (QED) is 0.553. The molecule has 0 heterocycles. The molecule has 0 atom stereocenters. The normalized spacial score (nSPS) is 30.4. The summed E-state index contributed by atoms with van der Waals surface area (Å²) in [5.41, 5.74) is 0.163. The Morgan fingerprint density at radius 3 is 1.43 bits per heavy atom. The molecule has 0 radical (unpaired) electrons. The predicted octanol–water partition coefficient (Wildman–Crippen LogP) is 4.40. The predicted molar refractivity (Wildman–Crippen MR) is 51.0 cm³/mol. The Labute approximate surface area is 83.9 Å². The molecule has 1 saturated carbocycles. The third-order valence-corrected chi connectivity index (χ3v) is 3.41. The van der Waals surface area contributed by atoms with E-state index in [1.165, 1.54) is 0 Å². The van der Waals surface area contributed by atoms with Crippen molar-refractivity contribution in [2.45, 2.75) is 52.6 Å². The fourth-order valence-corrected chi connectivity index (χ4v) is 2.29. The van der Waals surface area contributed by atoms with Crippen LogP contribution in [0.2, 0.25) is 0 Å². The van der Waals surface area contributed by atoms with Gasteiger partial charge in [0.25, 0.3) is 0 Å². The average Bonchev–Trinajstić information content (AvgIpc) is 2.01. The van der Waals surface area contributed by atoms with Crippen LogP contribution in [0.1, 0.15) is 46.5 Å². The molecule has 0 amide bonds. The van der Waals surface area contributed by atoms with Gasteiger partial charge in [-0.3, -0.25) is 0 Å². The van der Waals surface area contributed by atoms with Gasteiger partial charge in [0.15, 0.2) is 0 Å². The molecule has 0 spiro atoms. The minimum absolute atomic E-state index is 0.163. The van der Waals surface area contributed by atoms with Gasteiger partial charge >= 0.3 is 6.18 Å². The first-order valence-corrected chi connectivity index (χ1v) is 5.28. The van der Waals surface area contributed by atoms with Crippen LogP contribution >= 0.6 is 0 Å². The van der Waals surface area contributed by atoms with Gasteiger partial charge in [-0.1, -0.05) is 20.8 Å². The van der Waals surface area contributed by atoms with E-state index in [1.54, 1.807) is 0 Å². The van der Waals surface area contributed by atoms with E-state index in [0.29, 0.717) is 18.8 Å². The smallest absolute Gasteiger partial charge is 0.171 e. The van der Waals surface area contributed by atoms with E-state index < -0.39 is 12.1 Å². The van der Waals surface area contributed by atoms with Gasteiger partial charge in [-0.2, -0.15) is 13.2 Å². The van der Waals surface area contributed by atoms with Crippen molar-refractivity contribution < 1.29 is 13.2 Å². The first-order chi connectivity index (χ1) is 6.21. The fourth-order valence-electron chi connectivity index (χ4n) is 2.29. The van der Waals surface area contributed by atoms with Crippen LogP contribution in [0, 0.1) is 17.3 Å². The molecule has 0 aromatic heterocycles. The summed E-state index contributed by atoms with van der Waals surface area (Å²) in [6.45, 7) is 6.35. The highest BCUT2D eigenvalue weighted by Crippen LogP contribution is 2.44. The molecule has 1 aliphatic carbocycles. The van der Waals surface area contributed by atoms with Gasteiger partial charge in [-0.15, -0.1) is 0 Å². The van der Waals surface area contributed by atoms with E-state index in [9.17, 15) is 13.2 Å². The van der Waals surface area contributed by atoms with Crippen molar-refractivity contribution in [3.05, 3.63) is 0 Å². The van der Waals surface area contributed by atoms with E-state index in [0.717, 1.165) is 12.8 Å². The van der Waals surface area contributed by atoms with Crippen LogP contribution in [0.4, 0.5) is 13.2 Å². The maximum absolute atomic E-state index is 12.4. The highest BCUT2D eigenvalue weighted by molar-refractivity contribution is 4.82. The fraction of sp³-hybridized carbons (Fsp3) is 1.00. The molecule has 0 saturated heterocycles. The molecule has 0 N–H and O–H groups in total. The minimum Gasteiger partial charge on any atom is -0.171 e. The van der Waals surface area contributed by atoms with Crippen molar-refractivity contribution >= 4 is 0 Å². The van der Waals surface area contributed by atoms with Gasteiger partial charge in [-0.25, -0.2) is 0 Å². The summed E-state index contributed by atoms with van der Waals surface area (Å²) in [7, 11) is 0. The standard InChI is InChI=1S/C11H19F3/c1-10(2,3)8-4-6-9(7-5-8)11(12,13)14/h8-9H,4-7H2,1-3H3. The molecule has 1 fully saturated rings. The number of alkyl halides is 3. The lowest BCUT2D eigenvalue weighted by molar-refractivity contribution is -0.185. The van der Waals surface area contributed by atoms with Gasteiger partial charge < -0.3 is 0 Å². The van der Waals surface area contributed by atoms with Crippen molar-refractivity contribution in [1.29, 1.82) is 0 Å². The van der Waals surface area contributed by atoms with Crippen LogP contribution in [0.3, 0.4) is 0 Å². The largest absolute Gasteiger partial charge is 0.391 e. The zero-order valence-corrected chi connectivity index (χ0v) is 9.12. The lowest BCUT2D eigenvalue weighted by atomic mass is 9.70. The highest BCUT2D eigenvalue weighted by atomic mass is 19.4. The monoisotopic (exact) mass is 208 g/mol. The lowest BCUT2D eigenvalue weighted by Gasteiger charge is -2.37. The highest BCUT2D eigenvalue weighted by Gasteiger charge is 2.42. The van der Waals surface area contributed by atoms with Crippen molar-refractivity contribution in [3.63, 3.8) is 0 Å². The van der Waals surface area contributed by atoms with Gasteiger partial charge in [0.1, 0.15) is 0 Å². The number of hydrogen-bond acceptors (Lipinski definition) is 0. The van der Waals surface area contributed by atoms with Crippen LogP contribution in [0.15, 0.2) is 0 Å². The molecule has 0 aliphatic heterocycles. The van der Waals surface area contributed by atoms with E-state index in [-0.39, 0.29) is 5.41 Å². The molecule has 1 rings (SSSR count). The Kier molecular flexibility index (Phi) is 3.17. The summed E-state index contributed by atoms with van der Waals surface area (Å²) in [6.07, 6.45) is -1.86. The second kappa shape index (κ2) is 3.74. The second-order valence-corrected chi connectivity index (χ2v) is 5.46. The maximum Gasteiger partial charge on any atom is 0.391 e. The summed E-state index contributed by atoms with van der Waals surface area (Å²) < 4.78 is 37.1. The summed E-state index contributed by atoms with van der Waals surface area (Å²) in [6, 6.07) is 0. The van der Waals surface area contributed by atoms with E-state index in [1.807, 2.05) is 0 Å². The maximum atomic E-state index is 12.4. The molecule has 0 nitrogen and oxygen atoms in total. The SMILES string of the molecule is CC(C)(C)C1CCC(C(F)(F)F)CC1. The number of rotatable bonds is 0. The molecule has 1 aliphatic rings. The Morgan fingerprint density at radius 1 is 0.786 bits per heavy atom. The van der Waals surface area contributed by atoms with Crippen molar-refractivity contribution in [2.75, 3.05) is 0 Å². The van der Waals surface area contributed by atoms with Crippen molar-refractivity contribution in [3.8, 4) is 0 Å². The molecule has 0 bridgehead atoms. The van der Waals surface area contributed by atoms with Crippen LogP contribution < -0.4 is 0 Å². The third kappa shape index (κ3) is 2.89. The Bertz CT molecular complexity index is 158. The zero-order chi connectivity index (χ0) is 11.0. The summed E-state index contributed by atoms with van der Waals surface area (Å²) >= 11 is 0. The average molecular weight is 208 g/mol. The van der Waals surface area contributed by atoms with Crippen molar-refractivity contribution in [1.82, 2.24) is 0 Å². The van der Waals surface area contributed by atoms with E-state index in [4.69, 9.17) is 0 Å². The molecule has 0 aromatic carbocycles. The van der Waals surface area contributed by atoms with Gasteiger partial charge in [0.2, 0.25) is 0 Å². The topological polar surface area (TPSA) is 0 Å². The van der Waals surface area contributed by atoms with E-state index in [2.05, 4.69) is 20.8 Å². The molecule has 0 aromatic rings. The Hall–Kier alpha value is -0.210. The van der Waals surface area contributed by atoms with Crippen LogP contribution in [0.5, 0.6) is 0 Å². The first kappa shape index (κ1) is 11.9. The van der Waals surface area contributed by atoms with E-state index >= 15 is 0 Å².